The van der Waals surface area contributed by atoms with Gasteiger partial charge in [-0.3, -0.25) is 14.5 Å². The van der Waals surface area contributed by atoms with E-state index in [2.05, 4.69) is 11.9 Å². The van der Waals surface area contributed by atoms with Crippen molar-refractivity contribution in [2.45, 2.75) is 27.2 Å². The maximum atomic E-state index is 12.2. The van der Waals surface area contributed by atoms with Crippen LogP contribution in [-0.4, -0.2) is 66.9 Å². The Morgan fingerprint density at radius 1 is 1.09 bits per heavy atom. The fourth-order valence-corrected chi connectivity index (χ4v) is 1.59. The predicted molar refractivity (Wildman–Crippen MR) is 84.5 cm³/mol. The van der Waals surface area contributed by atoms with Gasteiger partial charge in [-0.2, -0.15) is 0 Å². The first kappa shape index (κ1) is 20.6. The molecule has 4 amide bonds. The van der Waals surface area contributed by atoms with Crippen LogP contribution in [-0.2, 0) is 19.1 Å². The number of carbonyl (C=O) groups excluding carboxylic acids is 4. The summed E-state index contributed by atoms with van der Waals surface area (Å²) in [6, 6.07) is -0.480. The average Bonchev–Trinajstić information content (AvgIpc) is 2.45. The maximum absolute atomic E-state index is 12.2. The molecule has 0 saturated heterocycles. The van der Waals surface area contributed by atoms with E-state index < -0.39 is 12.0 Å². The smallest absolute Gasteiger partial charge is 0.333 e. The van der Waals surface area contributed by atoms with E-state index in [0.29, 0.717) is 13.0 Å². The molecule has 0 spiro atoms. The summed E-state index contributed by atoms with van der Waals surface area (Å²) in [6.07, 6.45) is 0.462. The fraction of sp³-hybridized carbons (Fsp3) is 0.600. The zero-order valence-corrected chi connectivity index (χ0v) is 14.2. The minimum absolute atomic E-state index is 0.0194. The molecule has 0 aliphatic carbocycles. The number of nitrogens with one attached hydrogen (secondary N) is 1. The summed E-state index contributed by atoms with van der Waals surface area (Å²) in [5.41, 5.74) is 0.280. The summed E-state index contributed by atoms with van der Waals surface area (Å²) in [4.78, 5) is 48.2. The van der Waals surface area contributed by atoms with Crippen LogP contribution in [0.15, 0.2) is 12.2 Å². The number of hydrogen-bond donors (Lipinski definition) is 1. The molecule has 0 aliphatic heterocycles. The third-order valence-corrected chi connectivity index (χ3v) is 2.88. The third-order valence-electron chi connectivity index (χ3n) is 2.88. The Kier molecular flexibility index (Phi) is 9.29. The van der Waals surface area contributed by atoms with Crippen LogP contribution in [0.1, 0.15) is 27.2 Å². The molecule has 0 heterocycles. The summed E-state index contributed by atoms with van der Waals surface area (Å²) in [5, 5.41) is 2.60. The Morgan fingerprint density at radius 3 is 2.17 bits per heavy atom. The summed E-state index contributed by atoms with van der Waals surface area (Å²) in [5.74, 6) is -1.07. The Morgan fingerprint density at radius 2 is 1.70 bits per heavy atom. The van der Waals surface area contributed by atoms with Gasteiger partial charge < -0.3 is 15.0 Å². The molecular formula is C15H25N3O5. The fourth-order valence-electron chi connectivity index (χ4n) is 1.59. The number of hydrogen-bond acceptors (Lipinski definition) is 5. The number of ether oxygens (including phenoxy) is 1. The molecule has 23 heavy (non-hydrogen) atoms. The van der Waals surface area contributed by atoms with Crippen molar-refractivity contribution in [1.29, 1.82) is 0 Å². The van der Waals surface area contributed by atoms with Crippen LogP contribution in [0.4, 0.5) is 4.79 Å². The van der Waals surface area contributed by atoms with Crippen molar-refractivity contribution in [3.8, 4) is 0 Å². The third kappa shape index (κ3) is 8.60. The highest BCUT2D eigenvalue weighted by Crippen LogP contribution is 2.01. The van der Waals surface area contributed by atoms with Crippen LogP contribution in [0.5, 0.6) is 0 Å². The summed E-state index contributed by atoms with van der Waals surface area (Å²) < 4.78 is 4.91. The zero-order valence-electron chi connectivity index (χ0n) is 14.2. The second-order valence-corrected chi connectivity index (χ2v) is 5.13. The first-order valence-corrected chi connectivity index (χ1v) is 7.27. The molecule has 130 valence electrons. The lowest BCUT2D eigenvalue weighted by atomic mass is 10.3. The van der Waals surface area contributed by atoms with Gasteiger partial charge in [0.15, 0.2) is 0 Å². The lowest BCUT2D eigenvalue weighted by molar-refractivity contribution is -0.139. The first-order valence-electron chi connectivity index (χ1n) is 7.27. The zero-order chi connectivity index (χ0) is 18.0. The quantitative estimate of drug-likeness (QED) is 0.398. The van der Waals surface area contributed by atoms with Gasteiger partial charge in [-0.1, -0.05) is 6.58 Å². The van der Waals surface area contributed by atoms with Crippen molar-refractivity contribution >= 4 is 23.8 Å². The number of rotatable bonds is 8. The molecule has 0 aromatic carbocycles. The van der Waals surface area contributed by atoms with Gasteiger partial charge in [0.2, 0.25) is 11.8 Å². The van der Waals surface area contributed by atoms with Gasteiger partial charge in [0.25, 0.3) is 0 Å². The monoisotopic (exact) mass is 327 g/mol. The Bertz CT molecular complexity index is 476. The SMILES string of the molecule is C=C(C)C(=O)OCCN(C)C(=O)N(CCCNC(C)=O)C(C)=O. The largest absolute Gasteiger partial charge is 0.460 e. The van der Waals surface area contributed by atoms with Crippen molar-refractivity contribution in [3.05, 3.63) is 12.2 Å². The van der Waals surface area contributed by atoms with Crippen molar-refractivity contribution < 1.29 is 23.9 Å². The van der Waals surface area contributed by atoms with Gasteiger partial charge in [-0.15, -0.1) is 0 Å². The highest BCUT2D eigenvalue weighted by Gasteiger charge is 2.21. The molecule has 1 N–H and O–H groups in total. The minimum Gasteiger partial charge on any atom is -0.460 e. The van der Waals surface area contributed by atoms with Crippen LogP contribution >= 0.6 is 0 Å². The number of imide groups is 1. The lowest BCUT2D eigenvalue weighted by Gasteiger charge is -2.25. The van der Waals surface area contributed by atoms with Crippen molar-refractivity contribution in [2.24, 2.45) is 0 Å². The second kappa shape index (κ2) is 10.4. The number of nitrogens with zero attached hydrogens (tertiary/aromatic N) is 2. The highest BCUT2D eigenvalue weighted by molar-refractivity contribution is 5.93. The highest BCUT2D eigenvalue weighted by atomic mass is 16.5. The first-order chi connectivity index (χ1) is 10.7. The summed E-state index contributed by atoms with van der Waals surface area (Å²) in [6.45, 7) is 8.44. The van der Waals surface area contributed by atoms with E-state index in [9.17, 15) is 19.2 Å². The van der Waals surface area contributed by atoms with Crippen molar-refractivity contribution in [2.75, 3.05) is 33.3 Å². The van der Waals surface area contributed by atoms with Crippen molar-refractivity contribution in [1.82, 2.24) is 15.1 Å². The lowest BCUT2D eigenvalue weighted by Crippen LogP contribution is -2.45. The predicted octanol–water partition coefficient (Wildman–Crippen LogP) is 0.532. The molecule has 0 aliphatic rings. The molecule has 0 unspecified atom stereocenters. The molecule has 0 aromatic rings. The molecule has 0 saturated carbocycles. The molecule has 8 heteroatoms. The number of urea groups is 1. The van der Waals surface area contributed by atoms with E-state index in [-0.39, 0.29) is 37.1 Å². The molecule has 8 nitrogen and oxygen atoms in total. The number of carbonyl (C=O) groups is 4. The molecule has 0 rings (SSSR count). The summed E-state index contributed by atoms with van der Waals surface area (Å²) in [7, 11) is 1.51. The van der Waals surface area contributed by atoms with E-state index in [1.165, 1.54) is 32.7 Å². The normalized spacial score (nSPS) is 9.74. The van der Waals surface area contributed by atoms with E-state index in [4.69, 9.17) is 4.74 Å². The summed E-state index contributed by atoms with van der Waals surface area (Å²) >= 11 is 0. The number of amides is 4. The van der Waals surface area contributed by atoms with Gasteiger partial charge in [0, 0.05) is 39.6 Å². The maximum Gasteiger partial charge on any atom is 0.333 e. The van der Waals surface area contributed by atoms with Crippen LogP contribution < -0.4 is 5.32 Å². The van der Waals surface area contributed by atoms with Gasteiger partial charge in [-0.05, 0) is 13.3 Å². The molecule has 0 atom stereocenters. The topological polar surface area (TPSA) is 96.0 Å². The second-order valence-electron chi connectivity index (χ2n) is 5.13. The average molecular weight is 327 g/mol. The van der Waals surface area contributed by atoms with E-state index in [1.807, 2.05) is 0 Å². The van der Waals surface area contributed by atoms with Crippen LogP contribution in [0.3, 0.4) is 0 Å². The van der Waals surface area contributed by atoms with Gasteiger partial charge >= 0.3 is 12.0 Å². The molecule has 0 radical (unpaired) electrons. The molecular weight excluding hydrogens is 302 g/mol. The van der Waals surface area contributed by atoms with Gasteiger partial charge in [0.1, 0.15) is 6.61 Å². The van der Waals surface area contributed by atoms with Crippen LogP contribution in [0, 0.1) is 0 Å². The van der Waals surface area contributed by atoms with Crippen LogP contribution in [0.2, 0.25) is 0 Å². The molecule has 0 fully saturated rings. The standard InChI is InChI=1S/C15H25N3O5/c1-11(2)14(21)23-10-9-17(5)15(22)18(13(4)20)8-6-7-16-12(3)19/h1,6-10H2,2-5H3,(H,16,19). The minimum atomic E-state index is -0.524. The number of esters is 1. The Balaban J connectivity index is 4.36. The van der Waals surface area contributed by atoms with E-state index >= 15 is 0 Å². The van der Waals surface area contributed by atoms with E-state index in [0.717, 1.165) is 4.90 Å². The van der Waals surface area contributed by atoms with Crippen LogP contribution in [0.25, 0.3) is 0 Å². The van der Waals surface area contributed by atoms with E-state index in [1.54, 1.807) is 0 Å². The number of likely N-dealkylation sites (N-methyl/N-ethyl adjacent to an activating group) is 1. The molecule has 0 aromatic heterocycles. The van der Waals surface area contributed by atoms with Crippen molar-refractivity contribution in [3.63, 3.8) is 0 Å². The molecule has 0 bridgehead atoms. The van der Waals surface area contributed by atoms with Gasteiger partial charge in [-0.25, -0.2) is 9.59 Å². The Hall–Kier alpha value is -2.38. The Labute approximate surface area is 136 Å². The van der Waals surface area contributed by atoms with Gasteiger partial charge in [0.05, 0.1) is 6.54 Å².